The summed E-state index contributed by atoms with van der Waals surface area (Å²) >= 11 is 0. The molecule has 0 bridgehead atoms. The Balaban J connectivity index is 1.77. The molecule has 0 aliphatic heterocycles. The van der Waals surface area contributed by atoms with Crippen molar-refractivity contribution in [1.29, 1.82) is 0 Å². The number of aromatic amines is 1. The minimum atomic E-state index is -1.26. The van der Waals surface area contributed by atoms with Crippen LogP contribution in [0.5, 0.6) is 5.75 Å². The minimum Gasteiger partial charge on any atom is -0.508 e. The first-order valence-corrected chi connectivity index (χ1v) is 11.3. The van der Waals surface area contributed by atoms with E-state index >= 15 is 0 Å². The number of H-pyrrole nitrogens is 1. The summed E-state index contributed by atoms with van der Waals surface area (Å²) in [6.45, 7) is 0. The Bertz CT molecular complexity index is 1240. The van der Waals surface area contributed by atoms with Gasteiger partial charge in [-0.05, 0) is 35.7 Å². The number of nitrogens with one attached hydrogen (secondary N) is 3. The zero-order chi connectivity index (χ0) is 26.2. The van der Waals surface area contributed by atoms with Crippen LogP contribution in [0.1, 0.15) is 24.0 Å². The number of hydrogen-bond acceptors (Lipinski definition) is 6. The molecule has 3 atom stereocenters. The predicted molar refractivity (Wildman–Crippen MR) is 132 cm³/mol. The van der Waals surface area contributed by atoms with Gasteiger partial charge < -0.3 is 37.3 Å². The van der Waals surface area contributed by atoms with Crippen LogP contribution in [-0.4, -0.2) is 57.0 Å². The third-order valence-corrected chi connectivity index (χ3v) is 5.76. The first-order chi connectivity index (χ1) is 17.1. The lowest BCUT2D eigenvalue weighted by Gasteiger charge is -2.23. The molecule has 3 unspecified atom stereocenters. The van der Waals surface area contributed by atoms with Crippen molar-refractivity contribution in [1.82, 2.24) is 15.6 Å². The number of nitrogens with two attached hydrogens (primary N) is 2. The van der Waals surface area contributed by atoms with Crippen molar-refractivity contribution in [2.24, 2.45) is 11.5 Å². The SMILES string of the molecule is NC(=O)CCC(N)C(=O)NC(Cc1ccc(O)cc1)C(=O)NC(Cc1c[nH]c2ccccc12)C(=O)O. The van der Waals surface area contributed by atoms with Gasteiger partial charge in [-0.3, -0.25) is 14.4 Å². The van der Waals surface area contributed by atoms with Gasteiger partial charge in [0.15, 0.2) is 0 Å². The van der Waals surface area contributed by atoms with Crippen LogP contribution >= 0.6 is 0 Å². The normalized spacial score (nSPS) is 13.5. The van der Waals surface area contributed by atoms with Crippen molar-refractivity contribution in [2.75, 3.05) is 0 Å². The molecule has 0 spiro atoms. The smallest absolute Gasteiger partial charge is 0.326 e. The van der Waals surface area contributed by atoms with E-state index in [4.69, 9.17) is 11.5 Å². The maximum absolute atomic E-state index is 13.2. The number of phenols is 1. The Kier molecular flexibility index (Phi) is 8.63. The molecule has 11 nitrogen and oxygen atoms in total. The molecule has 1 heterocycles. The third kappa shape index (κ3) is 7.06. The summed E-state index contributed by atoms with van der Waals surface area (Å²) in [5.41, 5.74) is 13.1. The van der Waals surface area contributed by atoms with E-state index in [2.05, 4.69) is 15.6 Å². The molecule has 0 saturated heterocycles. The highest BCUT2D eigenvalue weighted by molar-refractivity contribution is 5.92. The third-order valence-electron chi connectivity index (χ3n) is 5.76. The van der Waals surface area contributed by atoms with Crippen LogP contribution in [0.3, 0.4) is 0 Å². The second-order valence-corrected chi connectivity index (χ2v) is 8.51. The van der Waals surface area contributed by atoms with Gasteiger partial charge in [0.2, 0.25) is 17.7 Å². The van der Waals surface area contributed by atoms with Crippen molar-refractivity contribution in [3.63, 3.8) is 0 Å². The van der Waals surface area contributed by atoms with Crippen molar-refractivity contribution < 1.29 is 29.4 Å². The molecular formula is C25H29N5O6. The number of para-hydroxylation sites is 1. The number of aromatic hydroxyl groups is 1. The number of phenolic OH excluding ortho intramolecular Hbond substituents is 1. The fourth-order valence-electron chi connectivity index (χ4n) is 3.78. The maximum atomic E-state index is 13.2. The van der Waals surface area contributed by atoms with E-state index in [9.17, 15) is 29.4 Å². The van der Waals surface area contributed by atoms with Gasteiger partial charge in [-0.15, -0.1) is 0 Å². The van der Waals surface area contributed by atoms with E-state index in [1.165, 1.54) is 12.1 Å². The molecule has 2 aromatic carbocycles. The first kappa shape index (κ1) is 26.2. The average molecular weight is 496 g/mol. The largest absolute Gasteiger partial charge is 0.508 e. The molecule has 0 aliphatic carbocycles. The monoisotopic (exact) mass is 495 g/mol. The van der Waals surface area contributed by atoms with E-state index in [0.717, 1.165) is 10.9 Å². The number of benzene rings is 2. The molecule has 36 heavy (non-hydrogen) atoms. The number of fused-ring (bicyclic) bond motifs is 1. The number of amides is 3. The summed E-state index contributed by atoms with van der Waals surface area (Å²) in [6, 6.07) is 9.90. The van der Waals surface area contributed by atoms with Crippen LogP contribution in [0.4, 0.5) is 0 Å². The molecule has 0 aliphatic rings. The van der Waals surface area contributed by atoms with Gasteiger partial charge in [-0.2, -0.15) is 0 Å². The van der Waals surface area contributed by atoms with Gasteiger partial charge in [0.1, 0.15) is 17.8 Å². The molecule has 0 saturated carbocycles. The van der Waals surface area contributed by atoms with Crippen LogP contribution in [-0.2, 0) is 32.0 Å². The van der Waals surface area contributed by atoms with Crippen LogP contribution in [0.2, 0.25) is 0 Å². The summed E-state index contributed by atoms with van der Waals surface area (Å²) < 4.78 is 0. The molecule has 3 aromatic rings. The molecule has 3 rings (SSSR count). The predicted octanol–water partition coefficient (Wildman–Crippen LogP) is 0.306. The lowest BCUT2D eigenvalue weighted by molar-refractivity contribution is -0.142. The standard InChI is InChI=1S/C25H29N5O6/c26-18(9-10-22(27)32)23(33)29-20(11-14-5-7-16(31)8-6-14)24(34)30-21(25(35)36)12-15-13-28-19-4-2-1-3-17(15)19/h1-8,13,18,20-21,28,31H,9-12,26H2,(H2,27,32)(H,29,33)(H,30,34)(H,35,36). The number of hydrogen-bond donors (Lipinski definition) is 7. The van der Waals surface area contributed by atoms with Gasteiger partial charge in [-0.25, -0.2) is 4.79 Å². The van der Waals surface area contributed by atoms with Gasteiger partial charge >= 0.3 is 5.97 Å². The van der Waals surface area contributed by atoms with Crippen LogP contribution < -0.4 is 22.1 Å². The van der Waals surface area contributed by atoms with Gasteiger partial charge in [-0.1, -0.05) is 30.3 Å². The summed E-state index contributed by atoms with van der Waals surface area (Å²) in [5.74, 6) is -3.22. The first-order valence-electron chi connectivity index (χ1n) is 11.3. The number of rotatable bonds is 12. The highest BCUT2D eigenvalue weighted by atomic mass is 16.4. The van der Waals surface area contributed by atoms with Gasteiger partial charge in [0.25, 0.3) is 0 Å². The maximum Gasteiger partial charge on any atom is 0.326 e. The van der Waals surface area contributed by atoms with Crippen molar-refractivity contribution in [3.8, 4) is 5.75 Å². The Hall–Kier alpha value is -4.38. The van der Waals surface area contributed by atoms with E-state index in [-0.39, 0.29) is 31.4 Å². The van der Waals surface area contributed by atoms with E-state index in [1.807, 2.05) is 24.3 Å². The lowest BCUT2D eigenvalue weighted by Crippen LogP contribution is -2.55. The number of aromatic nitrogens is 1. The Labute approximate surface area is 206 Å². The number of carbonyl (C=O) groups excluding carboxylic acids is 3. The molecule has 11 heteroatoms. The Morgan fingerprint density at radius 1 is 0.917 bits per heavy atom. The summed E-state index contributed by atoms with van der Waals surface area (Å²) in [5, 5.41) is 25.2. The number of primary amides is 1. The summed E-state index contributed by atoms with van der Waals surface area (Å²) in [6.07, 6.45) is 1.62. The van der Waals surface area contributed by atoms with Crippen LogP contribution in [0.15, 0.2) is 54.7 Å². The fourth-order valence-corrected chi connectivity index (χ4v) is 3.78. The summed E-state index contributed by atoms with van der Waals surface area (Å²) in [7, 11) is 0. The number of aliphatic carboxylic acids is 1. The zero-order valence-corrected chi connectivity index (χ0v) is 19.4. The van der Waals surface area contributed by atoms with Crippen molar-refractivity contribution in [3.05, 3.63) is 65.9 Å². The molecular weight excluding hydrogens is 466 g/mol. The quantitative estimate of drug-likeness (QED) is 0.187. The molecule has 1 aromatic heterocycles. The minimum absolute atomic E-state index is 0.00691. The zero-order valence-electron chi connectivity index (χ0n) is 19.4. The average Bonchev–Trinajstić information content (AvgIpc) is 3.25. The Morgan fingerprint density at radius 3 is 2.25 bits per heavy atom. The van der Waals surface area contributed by atoms with E-state index in [1.54, 1.807) is 18.3 Å². The molecule has 0 radical (unpaired) electrons. The molecule has 3 amide bonds. The Morgan fingerprint density at radius 2 is 1.58 bits per heavy atom. The van der Waals surface area contributed by atoms with Gasteiger partial charge in [0, 0.05) is 36.4 Å². The van der Waals surface area contributed by atoms with Crippen molar-refractivity contribution in [2.45, 2.75) is 43.8 Å². The topological polar surface area (TPSA) is 201 Å². The lowest BCUT2D eigenvalue weighted by atomic mass is 10.0. The van der Waals surface area contributed by atoms with Gasteiger partial charge in [0.05, 0.1) is 6.04 Å². The number of carboxylic acids is 1. The highest BCUT2D eigenvalue weighted by Gasteiger charge is 2.29. The second kappa shape index (κ2) is 11.8. The summed E-state index contributed by atoms with van der Waals surface area (Å²) in [4.78, 5) is 51.9. The van der Waals surface area contributed by atoms with Crippen molar-refractivity contribution >= 4 is 34.6 Å². The number of carbonyl (C=O) groups is 4. The highest BCUT2D eigenvalue weighted by Crippen LogP contribution is 2.19. The molecule has 0 fully saturated rings. The molecule has 190 valence electrons. The van der Waals surface area contributed by atoms with E-state index < -0.39 is 41.8 Å². The van der Waals surface area contributed by atoms with Crippen LogP contribution in [0.25, 0.3) is 10.9 Å². The van der Waals surface area contributed by atoms with Crippen LogP contribution in [0, 0.1) is 0 Å². The molecule has 9 N–H and O–H groups in total. The van der Waals surface area contributed by atoms with E-state index in [0.29, 0.717) is 11.1 Å². The second-order valence-electron chi connectivity index (χ2n) is 8.51. The fraction of sp³-hybridized carbons (Fsp3) is 0.280. The number of carboxylic acid groups (broad SMARTS) is 1.